The number of anilines is 1. The Morgan fingerprint density at radius 2 is 1.80 bits per heavy atom. The molecule has 1 N–H and O–H groups in total. The number of benzene rings is 2. The highest BCUT2D eigenvalue weighted by molar-refractivity contribution is 9.08. The molecule has 0 unspecified atom stereocenters. The number of hydrogen-bond donors (Lipinski definition) is 1. The van der Waals surface area contributed by atoms with Crippen molar-refractivity contribution in [2.45, 2.75) is 17.1 Å². The van der Waals surface area contributed by atoms with Gasteiger partial charge in [0.2, 0.25) is 0 Å². The summed E-state index contributed by atoms with van der Waals surface area (Å²) < 4.78 is 40.2. The second-order valence-corrected chi connectivity index (χ2v) is 6.61. The van der Waals surface area contributed by atoms with E-state index in [1.165, 1.54) is 24.3 Å². The van der Waals surface area contributed by atoms with Crippen LogP contribution < -0.4 is 4.72 Å². The maximum Gasteiger partial charge on any atom is 0.261 e. The molecule has 0 aromatic heterocycles. The van der Waals surface area contributed by atoms with Crippen molar-refractivity contribution in [3.63, 3.8) is 0 Å². The Kier molecular flexibility index (Phi) is 4.45. The third-order valence-corrected chi connectivity index (χ3v) is 4.79. The molecule has 0 spiro atoms. The summed E-state index contributed by atoms with van der Waals surface area (Å²) in [6.07, 6.45) is 0. The van der Waals surface area contributed by atoms with E-state index in [1.54, 1.807) is 25.1 Å². The van der Waals surface area contributed by atoms with Crippen LogP contribution in [-0.4, -0.2) is 8.42 Å². The lowest BCUT2D eigenvalue weighted by atomic mass is 10.2. The molecule has 106 valence electrons. The van der Waals surface area contributed by atoms with Crippen molar-refractivity contribution in [1.82, 2.24) is 0 Å². The molecule has 0 bridgehead atoms. The number of alkyl halides is 1. The van der Waals surface area contributed by atoms with Gasteiger partial charge in [-0.2, -0.15) is 0 Å². The van der Waals surface area contributed by atoms with Gasteiger partial charge in [-0.05, 0) is 42.3 Å². The van der Waals surface area contributed by atoms with Crippen LogP contribution in [0.2, 0.25) is 0 Å². The van der Waals surface area contributed by atoms with E-state index in [0.717, 1.165) is 11.1 Å². The maximum atomic E-state index is 13.7. The van der Waals surface area contributed by atoms with Gasteiger partial charge in [-0.1, -0.05) is 34.1 Å². The molecule has 3 nitrogen and oxygen atoms in total. The highest BCUT2D eigenvalue weighted by Crippen LogP contribution is 2.20. The SMILES string of the molecule is Cc1ccc(NS(=O)(=O)c2ccc(CBr)cc2)c(F)c1. The lowest BCUT2D eigenvalue weighted by Crippen LogP contribution is -2.14. The molecule has 2 aromatic rings. The van der Waals surface area contributed by atoms with Gasteiger partial charge in [0.25, 0.3) is 10.0 Å². The molecule has 0 heterocycles. The lowest BCUT2D eigenvalue weighted by molar-refractivity contribution is 0.598. The minimum atomic E-state index is -3.78. The Bertz CT molecular complexity index is 714. The summed E-state index contributed by atoms with van der Waals surface area (Å²) in [6, 6.07) is 10.7. The highest BCUT2D eigenvalue weighted by atomic mass is 79.9. The van der Waals surface area contributed by atoms with Gasteiger partial charge in [0, 0.05) is 5.33 Å². The average molecular weight is 358 g/mol. The zero-order valence-corrected chi connectivity index (χ0v) is 13.1. The summed E-state index contributed by atoms with van der Waals surface area (Å²) in [7, 11) is -3.78. The molecule has 0 aliphatic rings. The number of aryl methyl sites for hydroxylation is 1. The zero-order valence-electron chi connectivity index (χ0n) is 10.7. The second kappa shape index (κ2) is 5.93. The quantitative estimate of drug-likeness (QED) is 0.845. The van der Waals surface area contributed by atoms with Crippen LogP contribution in [0.5, 0.6) is 0 Å². The largest absolute Gasteiger partial charge is 0.277 e. The summed E-state index contributed by atoms with van der Waals surface area (Å²) in [4.78, 5) is 0.0992. The maximum absolute atomic E-state index is 13.7. The van der Waals surface area contributed by atoms with Crippen molar-refractivity contribution in [3.8, 4) is 0 Å². The van der Waals surface area contributed by atoms with Crippen LogP contribution in [0.1, 0.15) is 11.1 Å². The van der Waals surface area contributed by atoms with Crippen molar-refractivity contribution in [2.75, 3.05) is 4.72 Å². The predicted molar refractivity (Wildman–Crippen MR) is 81.0 cm³/mol. The molecule has 0 saturated carbocycles. The number of rotatable bonds is 4. The molecule has 0 radical (unpaired) electrons. The molecule has 0 aliphatic heterocycles. The first kappa shape index (κ1) is 15.0. The van der Waals surface area contributed by atoms with E-state index < -0.39 is 15.8 Å². The van der Waals surface area contributed by atoms with E-state index in [-0.39, 0.29) is 10.6 Å². The first-order chi connectivity index (χ1) is 9.42. The van der Waals surface area contributed by atoms with E-state index >= 15 is 0 Å². The molecule has 0 atom stereocenters. The Morgan fingerprint density at radius 1 is 1.15 bits per heavy atom. The van der Waals surface area contributed by atoms with Gasteiger partial charge in [0.05, 0.1) is 10.6 Å². The first-order valence-corrected chi connectivity index (χ1v) is 8.47. The van der Waals surface area contributed by atoms with Crippen LogP contribution in [0.4, 0.5) is 10.1 Å². The number of nitrogens with one attached hydrogen (secondary N) is 1. The molecule has 0 fully saturated rings. The van der Waals surface area contributed by atoms with Crippen LogP contribution in [0, 0.1) is 12.7 Å². The second-order valence-electron chi connectivity index (χ2n) is 4.37. The molecule has 6 heteroatoms. The zero-order chi connectivity index (χ0) is 14.8. The van der Waals surface area contributed by atoms with Crippen molar-refractivity contribution < 1.29 is 12.8 Å². The van der Waals surface area contributed by atoms with E-state index in [1.807, 2.05) is 0 Å². The van der Waals surface area contributed by atoms with Crippen molar-refractivity contribution >= 4 is 31.6 Å². The number of sulfonamides is 1. The van der Waals surface area contributed by atoms with Crippen molar-refractivity contribution in [3.05, 3.63) is 59.4 Å². The molecule has 20 heavy (non-hydrogen) atoms. The van der Waals surface area contributed by atoms with E-state index in [9.17, 15) is 12.8 Å². The fourth-order valence-corrected chi connectivity index (χ4v) is 3.11. The molecule has 2 rings (SSSR count). The van der Waals surface area contributed by atoms with Crippen LogP contribution >= 0.6 is 15.9 Å². The molecule has 2 aromatic carbocycles. The minimum absolute atomic E-state index is 0.0554. The van der Waals surface area contributed by atoms with E-state index in [4.69, 9.17) is 0 Å². The Morgan fingerprint density at radius 3 is 2.35 bits per heavy atom. The Hall–Kier alpha value is -1.40. The predicted octanol–water partition coefficient (Wildman–Crippen LogP) is 3.83. The fourth-order valence-electron chi connectivity index (χ4n) is 1.66. The molecule has 0 saturated heterocycles. The molecule has 0 aliphatic carbocycles. The molecule has 0 amide bonds. The third kappa shape index (κ3) is 3.37. The van der Waals surface area contributed by atoms with E-state index in [2.05, 4.69) is 20.7 Å². The molecular formula is C14H13BrFNO2S. The van der Waals surface area contributed by atoms with Gasteiger partial charge in [-0.3, -0.25) is 4.72 Å². The summed E-state index contributed by atoms with van der Waals surface area (Å²) in [5.41, 5.74) is 1.64. The first-order valence-electron chi connectivity index (χ1n) is 5.86. The van der Waals surface area contributed by atoms with Gasteiger partial charge in [0.1, 0.15) is 5.82 Å². The van der Waals surface area contributed by atoms with Crippen LogP contribution in [-0.2, 0) is 15.4 Å². The topological polar surface area (TPSA) is 46.2 Å². The normalized spacial score (nSPS) is 11.3. The van der Waals surface area contributed by atoms with Gasteiger partial charge in [-0.25, -0.2) is 12.8 Å². The summed E-state index contributed by atoms with van der Waals surface area (Å²) in [5.74, 6) is -0.592. The van der Waals surface area contributed by atoms with Crippen molar-refractivity contribution in [2.24, 2.45) is 0 Å². The Labute approximate surface area is 126 Å². The van der Waals surface area contributed by atoms with Gasteiger partial charge >= 0.3 is 0 Å². The van der Waals surface area contributed by atoms with Crippen molar-refractivity contribution in [1.29, 1.82) is 0 Å². The number of hydrogen-bond acceptors (Lipinski definition) is 2. The standard InChI is InChI=1S/C14H13BrFNO2S/c1-10-2-7-14(13(16)8-10)17-20(18,19)12-5-3-11(9-15)4-6-12/h2-8,17H,9H2,1H3. The van der Waals surface area contributed by atoms with Gasteiger partial charge in [0.15, 0.2) is 0 Å². The molecular weight excluding hydrogens is 345 g/mol. The summed E-state index contributed by atoms with van der Waals surface area (Å²) >= 11 is 3.29. The van der Waals surface area contributed by atoms with Gasteiger partial charge in [-0.15, -0.1) is 0 Å². The third-order valence-electron chi connectivity index (χ3n) is 2.76. The summed E-state index contributed by atoms with van der Waals surface area (Å²) in [5, 5.41) is 0.646. The highest BCUT2D eigenvalue weighted by Gasteiger charge is 2.16. The van der Waals surface area contributed by atoms with Crippen LogP contribution in [0.25, 0.3) is 0 Å². The lowest BCUT2D eigenvalue weighted by Gasteiger charge is -2.09. The fraction of sp³-hybridized carbons (Fsp3) is 0.143. The monoisotopic (exact) mass is 357 g/mol. The van der Waals surface area contributed by atoms with E-state index in [0.29, 0.717) is 5.33 Å². The number of halogens is 2. The smallest absolute Gasteiger partial charge is 0.261 e. The van der Waals surface area contributed by atoms with Crippen LogP contribution in [0.3, 0.4) is 0 Å². The van der Waals surface area contributed by atoms with Crippen LogP contribution in [0.15, 0.2) is 47.4 Å². The average Bonchev–Trinajstić information content (AvgIpc) is 2.42. The summed E-state index contributed by atoms with van der Waals surface area (Å²) in [6.45, 7) is 1.74. The minimum Gasteiger partial charge on any atom is -0.277 e. The van der Waals surface area contributed by atoms with Gasteiger partial charge < -0.3 is 0 Å². The Balaban J connectivity index is 2.30.